The van der Waals surface area contributed by atoms with Crippen molar-refractivity contribution in [2.24, 2.45) is 0 Å². The zero-order valence-corrected chi connectivity index (χ0v) is 15.5. The highest BCUT2D eigenvalue weighted by Crippen LogP contribution is 2.05. The van der Waals surface area contributed by atoms with Gasteiger partial charge < -0.3 is 34.7 Å². The zero-order chi connectivity index (χ0) is 19.0. The molecule has 0 aliphatic rings. The maximum atomic E-state index is 11.5. The third kappa shape index (κ3) is 18.9. The second-order valence-electron chi connectivity index (χ2n) is 6.10. The molecule has 0 fully saturated rings. The van der Waals surface area contributed by atoms with Gasteiger partial charge in [-0.15, -0.1) is 0 Å². The molecule has 0 unspecified atom stereocenters. The Labute approximate surface area is 149 Å². The molecule has 0 rings (SSSR count). The van der Waals surface area contributed by atoms with Crippen LogP contribution in [0.4, 0.5) is 0 Å². The molecule has 0 atom stereocenters. The summed E-state index contributed by atoms with van der Waals surface area (Å²) in [4.78, 5) is 22.2. The van der Waals surface area contributed by atoms with E-state index in [0.29, 0.717) is 52.7 Å². The highest BCUT2D eigenvalue weighted by atomic mass is 16.5. The molecule has 9 heteroatoms. The number of hydrogen-bond acceptors (Lipinski definition) is 7. The number of carbonyl (C=O) groups excluding carboxylic acids is 2. The Morgan fingerprint density at radius 3 is 1.68 bits per heavy atom. The number of carbonyl (C=O) groups is 2. The summed E-state index contributed by atoms with van der Waals surface area (Å²) in [6.07, 6.45) is 0. The molecule has 0 saturated heterocycles. The second-order valence-corrected chi connectivity index (χ2v) is 6.10. The average molecular weight is 364 g/mol. The Morgan fingerprint density at radius 1 is 0.800 bits per heavy atom. The first kappa shape index (κ1) is 23.7. The molecule has 0 aliphatic carbocycles. The molecule has 0 radical (unpaired) electrons. The summed E-state index contributed by atoms with van der Waals surface area (Å²) in [7, 11) is 0. The van der Waals surface area contributed by atoms with Crippen LogP contribution in [0, 0.1) is 0 Å². The van der Waals surface area contributed by atoms with Crippen molar-refractivity contribution in [2.75, 3.05) is 65.9 Å². The van der Waals surface area contributed by atoms with Crippen LogP contribution in [0.5, 0.6) is 0 Å². The minimum absolute atomic E-state index is 0.0380. The van der Waals surface area contributed by atoms with Gasteiger partial charge in [0.1, 0.15) is 13.2 Å². The molecule has 0 aromatic rings. The Bertz CT molecular complexity index is 359. The van der Waals surface area contributed by atoms with E-state index in [1.165, 1.54) is 0 Å². The second kappa shape index (κ2) is 15.0. The van der Waals surface area contributed by atoms with E-state index < -0.39 is 12.5 Å². The van der Waals surface area contributed by atoms with E-state index >= 15 is 0 Å². The molecule has 0 aromatic heterocycles. The largest absolute Gasteiger partial charge is 0.387 e. The van der Waals surface area contributed by atoms with Crippen LogP contribution < -0.4 is 10.6 Å². The first-order valence-corrected chi connectivity index (χ1v) is 8.36. The fraction of sp³-hybridized carbons (Fsp3) is 0.875. The first-order chi connectivity index (χ1) is 11.8. The lowest BCUT2D eigenvalue weighted by molar-refractivity contribution is -0.130. The standard InChI is InChI=1S/C16H32N2O7/c1-16(2,3)25-13-15(21)18-5-7-23-9-11-24-10-8-22-6-4-17-14(20)12-19/h19H,4-13H2,1-3H3,(H,17,20)(H,18,21). The summed E-state index contributed by atoms with van der Waals surface area (Å²) >= 11 is 0. The number of hydrogen-bond donors (Lipinski definition) is 3. The Balaban J connectivity index is 3.21. The van der Waals surface area contributed by atoms with Gasteiger partial charge in [-0.2, -0.15) is 0 Å². The van der Waals surface area contributed by atoms with Crippen LogP contribution in [-0.4, -0.2) is 88.5 Å². The van der Waals surface area contributed by atoms with Crippen molar-refractivity contribution in [3.05, 3.63) is 0 Å². The number of aliphatic hydroxyl groups is 1. The maximum absolute atomic E-state index is 11.5. The van der Waals surface area contributed by atoms with Crippen molar-refractivity contribution in [3.63, 3.8) is 0 Å². The van der Waals surface area contributed by atoms with Gasteiger partial charge in [-0.1, -0.05) is 0 Å². The number of rotatable bonds is 15. The molecule has 9 nitrogen and oxygen atoms in total. The molecule has 0 spiro atoms. The molecule has 0 aromatic carbocycles. The van der Waals surface area contributed by atoms with E-state index in [-0.39, 0.29) is 18.1 Å². The van der Waals surface area contributed by atoms with Crippen LogP contribution >= 0.6 is 0 Å². The summed E-state index contributed by atoms with van der Waals surface area (Å²) < 4.78 is 21.2. The minimum Gasteiger partial charge on any atom is -0.387 e. The highest BCUT2D eigenvalue weighted by Gasteiger charge is 2.12. The lowest BCUT2D eigenvalue weighted by atomic mass is 10.2. The molecule has 0 bridgehead atoms. The maximum Gasteiger partial charge on any atom is 0.246 e. The van der Waals surface area contributed by atoms with E-state index in [1.54, 1.807) is 0 Å². The Kier molecular flexibility index (Phi) is 14.3. The van der Waals surface area contributed by atoms with E-state index in [4.69, 9.17) is 24.1 Å². The lowest BCUT2D eigenvalue weighted by Gasteiger charge is -2.18. The monoisotopic (exact) mass is 364 g/mol. The number of nitrogens with one attached hydrogen (secondary N) is 2. The van der Waals surface area contributed by atoms with Crippen molar-refractivity contribution in [3.8, 4) is 0 Å². The first-order valence-electron chi connectivity index (χ1n) is 8.36. The van der Waals surface area contributed by atoms with Gasteiger partial charge in [0, 0.05) is 13.1 Å². The van der Waals surface area contributed by atoms with Gasteiger partial charge in [0.05, 0.1) is 45.2 Å². The van der Waals surface area contributed by atoms with Crippen LogP contribution in [0.3, 0.4) is 0 Å². The van der Waals surface area contributed by atoms with Crippen LogP contribution in [-0.2, 0) is 28.5 Å². The highest BCUT2D eigenvalue weighted by molar-refractivity contribution is 5.77. The number of aliphatic hydroxyl groups excluding tert-OH is 1. The molecule has 25 heavy (non-hydrogen) atoms. The van der Waals surface area contributed by atoms with Crippen molar-refractivity contribution in [2.45, 2.75) is 26.4 Å². The average Bonchev–Trinajstić information content (AvgIpc) is 2.56. The van der Waals surface area contributed by atoms with Gasteiger partial charge in [-0.3, -0.25) is 9.59 Å². The minimum atomic E-state index is -0.516. The van der Waals surface area contributed by atoms with Gasteiger partial charge in [0.25, 0.3) is 0 Å². The molecule has 0 saturated carbocycles. The normalized spacial score (nSPS) is 11.4. The third-order valence-electron chi connectivity index (χ3n) is 2.66. The third-order valence-corrected chi connectivity index (χ3v) is 2.66. The predicted octanol–water partition coefficient (Wildman–Crippen LogP) is -0.924. The summed E-state index contributed by atoms with van der Waals surface area (Å²) in [6, 6.07) is 0. The van der Waals surface area contributed by atoms with Crippen LogP contribution in [0.15, 0.2) is 0 Å². The lowest BCUT2D eigenvalue weighted by Crippen LogP contribution is -2.34. The number of ether oxygens (including phenoxy) is 4. The van der Waals surface area contributed by atoms with Crippen molar-refractivity contribution < 1.29 is 33.6 Å². The summed E-state index contributed by atoms with van der Waals surface area (Å²) in [5.74, 6) is -0.586. The van der Waals surface area contributed by atoms with Crippen LogP contribution in [0.2, 0.25) is 0 Å². The fourth-order valence-corrected chi connectivity index (χ4v) is 1.46. The topological polar surface area (TPSA) is 115 Å². The quantitative estimate of drug-likeness (QED) is 0.322. The molecule has 0 heterocycles. The van der Waals surface area contributed by atoms with E-state index in [9.17, 15) is 9.59 Å². The molecule has 3 N–H and O–H groups in total. The molecular weight excluding hydrogens is 332 g/mol. The predicted molar refractivity (Wildman–Crippen MR) is 91.3 cm³/mol. The summed E-state index contributed by atoms with van der Waals surface area (Å²) in [5.41, 5.74) is -0.331. The van der Waals surface area contributed by atoms with Crippen LogP contribution in [0.1, 0.15) is 20.8 Å². The van der Waals surface area contributed by atoms with Gasteiger partial charge in [-0.25, -0.2) is 0 Å². The van der Waals surface area contributed by atoms with Gasteiger partial charge >= 0.3 is 0 Å². The number of amides is 2. The van der Waals surface area contributed by atoms with Gasteiger partial charge in [0.15, 0.2) is 0 Å². The van der Waals surface area contributed by atoms with E-state index in [1.807, 2.05) is 20.8 Å². The Hall–Kier alpha value is -1.26. The van der Waals surface area contributed by atoms with Gasteiger partial charge in [-0.05, 0) is 20.8 Å². The summed E-state index contributed by atoms with van der Waals surface area (Å²) in [5, 5.41) is 13.7. The zero-order valence-electron chi connectivity index (χ0n) is 15.5. The molecule has 2 amide bonds. The Morgan fingerprint density at radius 2 is 1.24 bits per heavy atom. The van der Waals surface area contributed by atoms with Crippen molar-refractivity contribution in [1.29, 1.82) is 0 Å². The van der Waals surface area contributed by atoms with E-state index in [2.05, 4.69) is 10.6 Å². The van der Waals surface area contributed by atoms with E-state index in [0.717, 1.165) is 0 Å². The fourth-order valence-electron chi connectivity index (χ4n) is 1.46. The molecule has 0 aliphatic heterocycles. The SMILES string of the molecule is CC(C)(C)OCC(=O)NCCOCCOCCOCCNC(=O)CO. The van der Waals surface area contributed by atoms with Crippen molar-refractivity contribution >= 4 is 11.8 Å². The van der Waals surface area contributed by atoms with Gasteiger partial charge in [0.2, 0.25) is 11.8 Å². The smallest absolute Gasteiger partial charge is 0.246 e. The molecular formula is C16H32N2O7. The van der Waals surface area contributed by atoms with Crippen molar-refractivity contribution in [1.82, 2.24) is 10.6 Å². The summed E-state index contributed by atoms with van der Waals surface area (Å²) in [6.45, 7) is 8.47. The van der Waals surface area contributed by atoms with Crippen LogP contribution in [0.25, 0.3) is 0 Å². The molecule has 148 valence electrons.